The van der Waals surface area contributed by atoms with Gasteiger partial charge in [0, 0.05) is 149 Å². The number of ether oxygens (including phenoxy) is 4. The molecule has 702 valence electrons. The molecular weight excluding hydrogens is 1670 g/mol. The molecule has 34 heteroatoms. The number of piperazine rings is 3. The number of rotatable bonds is 9. The molecule has 12 aliphatic heterocycles. The van der Waals surface area contributed by atoms with Crippen LogP contribution in [-0.2, 0) is 23.9 Å². The van der Waals surface area contributed by atoms with Crippen LogP contribution in [0.1, 0.15) is 163 Å². The second-order valence-electron chi connectivity index (χ2n) is 39.9. The molecule has 3 aromatic heterocycles. The Balaban J connectivity index is 0.000000130. The first-order chi connectivity index (χ1) is 62.2. The SMILES string of the molecule is C=CC(=O)N1CCN(C2NC(=O)N3C4NC(C(F)CC42)C2C(F)CCCC2OCCCC2CCNC(C(C)C)C23)[C@@H]2C[C@@H]21.C=CC(=O)N1CCN(C2NC(=O)N3C4NC(C(F)CC42)C2C(F)CCCC2OCCCC2CCNC(C(C)C)C23)[C@H]2C[C@H]21.C=CC(=O)N1CCN(c2nc(=O)n3c4nc(c(F)cc24)-c2c(F)cccc2OCCOc2ccnc(C(C)C)c2-3)[C@H](C)C1. The topological polar surface area (TPSA) is 281 Å². The number of nitrogens with one attached hydrogen (secondary N) is 6. The Hall–Kier alpha value is -8.51. The van der Waals surface area contributed by atoms with Gasteiger partial charge in [-0.1, -0.05) is 67.3 Å². The van der Waals surface area contributed by atoms with Gasteiger partial charge in [-0.05, 0) is 189 Å². The maximum absolute atomic E-state index is 16.5. The van der Waals surface area contributed by atoms with E-state index >= 15 is 26.3 Å². The largest absolute Gasteiger partial charge is 0.489 e. The Morgan fingerprint density at radius 3 is 1.59 bits per heavy atom. The summed E-state index contributed by atoms with van der Waals surface area (Å²) in [5.74, 6) is -1.75. The van der Waals surface area contributed by atoms with Crippen molar-refractivity contribution in [2.45, 2.75) is 285 Å². The standard InChI is InChI=1S/2C32H50F2N6O3.C31H30F2N6O4/c2*1-4-25(41)38-12-13-39(23-16-22(23)38)30-19-15-21(34)28-26-20(33)8-5-9-24(26)43-14-6-7-18-10-11-35-27(17(2)3)29(18)40(31(19)36-28)32(42)37-30;1-5-24(40)37-11-12-38(18(4)16-37)29-19-15-21(33)27-25-20(32)7-6-8-22(25)42-13-14-43-23-9-10-34-26(17(2)3)28(23)39(30(19)35-27)31(41)36-29/h2*4,17-24,26-31,35-36H,1,5-16H2,2-3H3,(H,37,42);5-10,15,17-18H,1,11-14,16H2,2-4H3/t2*18?,19?,20?,21?,22-,23+,24?,26?,27?,28?,29?,30?,31?;18-/m101/s1. The van der Waals surface area contributed by atoms with E-state index in [2.05, 4.69) is 104 Å². The molecule has 0 radical (unpaired) electrons. The van der Waals surface area contributed by atoms with Gasteiger partial charge < -0.3 is 69.6 Å². The minimum Gasteiger partial charge on any atom is -0.489 e. The number of hydrogen-bond donors (Lipinski definition) is 6. The number of piperidine rings is 4. The third kappa shape index (κ3) is 17.2. The zero-order valence-electron chi connectivity index (χ0n) is 75.4. The number of alkyl halides is 4. The number of carbonyl (C=O) groups is 5. The number of carbonyl (C=O) groups excluding carboxylic acids is 5. The van der Waals surface area contributed by atoms with Crippen molar-refractivity contribution < 1.29 is 69.3 Å². The highest BCUT2D eigenvalue weighted by Gasteiger charge is 2.64. The molecule has 4 aliphatic carbocycles. The van der Waals surface area contributed by atoms with Crippen LogP contribution in [-0.4, -0.2) is 297 Å². The van der Waals surface area contributed by atoms with E-state index in [4.69, 9.17) is 18.9 Å². The Kier molecular flexibility index (Phi) is 26.7. The smallest absolute Gasteiger partial charge is 0.356 e. The molecule has 22 unspecified atom stereocenters. The number of nitrogens with zero attached hydrogens (tertiary/aromatic N) is 12. The molecule has 4 aromatic rings. The first-order valence-corrected chi connectivity index (χ1v) is 47.9. The summed E-state index contributed by atoms with van der Waals surface area (Å²) in [6, 6.07) is 5.66. The fourth-order valence-corrected chi connectivity index (χ4v) is 25.4. The molecule has 6 N–H and O–H groups in total. The second-order valence-corrected chi connectivity index (χ2v) is 39.9. The lowest BCUT2D eigenvalue weighted by Crippen LogP contribution is -2.79. The lowest BCUT2D eigenvalue weighted by atomic mass is 9.72. The summed E-state index contributed by atoms with van der Waals surface area (Å²) in [6.45, 7) is 31.8. The number of fused-ring (bicyclic) bond motifs is 17. The molecule has 15 fully saturated rings. The maximum atomic E-state index is 16.5. The van der Waals surface area contributed by atoms with Crippen LogP contribution in [0.4, 0.5) is 41.7 Å². The van der Waals surface area contributed by atoms with Gasteiger partial charge in [-0.15, -0.1) is 0 Å². The lowest BCUT2D eigenvalue weighted by Gasteiger charge is -2.59. The van der Waals surface area contributed by atoms with Gasteiger partial charge in [-0.25, -0.2) is 50.3 Å². The number of amides is 7. The van der Waals surface area contributed by atoms with Crippen molar-refractivity contribution in [2.24, 2.45) is 47.3 Å². The third-order valence-electron chi connectivity index (χ3n) is 31.5. The van der Waals surface area contributed by atoms with Gasteiger partial charge >= 0.3 is 17.8 Å². The highest BCUT2D eigenvalue weighted by atomic mass is 19.2. The Labute approximate surface area is 751 Å². The summed E-state index contributed by atoms with van der Waals surface area (Å²) in [6.07, 6.45) is 10.2. The molecule has 15 heterocycles. The van der Waals surface area contributed by atoms with Gasteiger partial charge in [-0.2, -0.15) is 4.98 Å². The summed E-state index contributed by atoms with van der Waals surface area (Å²) in [5, 5.41) is 21.7. The van der Waals surface area contributed by atoms with Crippen LogP contribution in [0, 0.1) is 59.0 Å². The van der Waals surface area contributed by atoms with Crippen LogP contribution >= 0.6 is 0 Å². The molecule has 16 aliphatic rings. The number of anilines is 1. The summed E-state index contributed by atoms with van der Waals surface area (Å²) >= 11 is 0. The van der Waals surface area contributed by atoms with Crippen molar-refractivity contribution >= 4 is 46.6 Å². The summed E-state index contributed by atoms with van der Waals surface area (Å²) < 4.78 is 122. The van der Waals surface area contributed by atoms with E-state index in [0.29, 0.717) is 113 Å². The van der Waals surface area contributed by atoms with E-state index in [0.717, 1.165) is 90.1 Å². The summed E-state index contributed by atoms with van der Waals surface area (Å²) in [5.41, 5.74) is -0.250. The Bertz CT molecular complexity index is 4740. The average molecular weight is 1800 g/mol. The first kappa shape index (κ1) is 91.0. The number of aromatic nitrogens is 4. The normalized spacial score (nSPS) is 36.7. The first-order valence-electron chi connectivity index (χ1n) is 47.9. The molecule has 6 bridgehead atoms. The van der Waals surface area contributed by atoms with Gasteiger partial charge in [0.25, 0.3) is 0 Å². The van der Waals surface area contributed by atoms with Crippen molar-refractivity contribution in [3.63, 3.8) is 0 Å². The number of pyridine rings is 2. The molecular formula is C95H130F6N18O10. The second kappa shape index (κ2) is 37.9. The Morgan fingerprint density at radius 2 is 1.09 bits per heavy atom. The van der Waals surface area contributed by atoms with Gasteiger partial charge in [0.2, 0.25) is 17.7 Å². The van der Waals surface area contributed by atoms with Crippen LogP contribution in [0.3, 0.4) is 0 Å². The fraction of sp³-hybridized carbons (Fsp3) is 0.695. The van der Waals surface area contributed by atoms with Gasteiger partial charge in [0.15, 0.2) is 11.5 Å². The molecule has 20 rings (SSSR count). The highest BCUT2D eigenvalue weighted by molar-refractivity contribution is 5.92. The van der Waals surface area contributed by atoms with Gasteiger partial charge in [0.1, 0.15) is 72.4 Å². The highest BCUT2D eigenvalue weighted by Crippen LogP contribution is 2.51. The molecule has 4 saturated carbocycles. The minimum atomic E-state index is -1.25. The Morgan fingerprint density at radius 1 is 0.558 bits per heavy atom. The van der Waals surface area contributed by atoms with Gasteiger partial charge in [-0.3, -0.25) is 39.8 Å². The van der Waals surface area contributed by atoms with Crippen LogP contribution < -0.4 is 52.0 Å². The maximum Gasteiger partial charge on any atom is 0.356 e. The van der Waals surface area contributed by atoms with E-state index in [-0.39, 0.29) is 186 Å². The summed E-state index contributed by atoms with van der Waals surface area (Å²) in [4.78, 5) is 110. The molecule has 28 nitrogen and oxygen atoms in total. The number of halogens is 6. The number of benzene rings is 1. The van der Waals surface area contributed by atoms with Crippen molar-refractivity contribution in [1.29, 1.82) is 0 Å². The van der Waals surface area contributed by atoms with Crippen LogP contribution in [0.15, 0.2) is 79.3 Å². The van der Waals surface area contributed by atoms with Crippen LogP contribution in [0.2, 0.25) is 0 Å². The van der Waals surface area contributed by atoms with E-state index in [1.165, 1.54) is 47.1 Å². The zero-order chi connectivity index (χ0) is 90.4. The molecule has 11 saturated heterocycles. The van der Waals surface area contributed by atoms with Gasteiger partial charge in [0.05, 0.1) is 65.6 Å². The quantitative estimate of drug-likeness (QED) is 0.0671. The van der Waals surface area contributed by atoms with Crippen molar-refractivity contribution in [1.82, 2.24) is 85.7 Å². The molecule has 129 heavy (non-hydrogen) atoms. The van der Waals surface area contributed by atoms with E-state index in [9.17, 15) is 28.8 Å². The molecule has 7 amide bonds. The van der Waals surface area contributed by atoms with E-state index in [1.54, 1.807) is 17.2 Å². The predicted octanol–water partition coefficient (Wildman–Crippen LogP) is 9.78. The van der Waals surface area contributed by atoms with E-state index in [1.807, 2.05) is 45.3 Å². The number of hydrogen-bond acceptors (Lipinski definition) is 20. The lowest BCUT2D eigenvalue weighted by molar-refractivity contribution is -0.132. The monoisotopic (exact) mass is 1800 g/mol. The predicted molar refractivity (Wildman–Crippen MR) is 474 cm³/mol. The molecule has 27 atom stereocenters. The third-order valence-corrected chi connectivity index (χ3v) is 31.5. The number of urea groups is 2. The molecule has 1 aromatic carbocycles. The fourth-order valence-electron chi connectivity index (χ4n) is 25.4. The van der Waals surface area contributed by atoms with Crippen molar-refractivity contribution in [3.05, 3.63) is 102 Å². The molecule has 0 spiro atoms. The zero-order valence-corrected chi connectivity index (χ0v) is 75.4. The minimum absolute atomic E-state index is 0.0241. The summed E-state index contributed by atoms with van der Waals surface area (Å²) in [7, 11) is 0. The van der Waals surface area contributed by atoms with Crippen molar-refractivity contribution in [2.75, 3.05) is 90.2 Å². The van der Waals surface area contributed by atoms with Crippen molar-refractivity contribution in [3.8, 4) is 28.4 Å². The average Bonchev–Trinajstić information content (AvgIpc) is 1.68. The van der Waals surface area contributed by atoms with E-state index < -0.39 is 78.3 Å². The van der Waals surface area contributed by atoms with Crippen LogP contribution in [0.5, 0.6) is 11.5 Å². The van der Waals surface area contributed by atoms with Crippen LogP contribution in [0.25, 0.3) is 28.0 Å².